The van der Waals surface area contributed by atoms with Crippen LogP contribution in [0.15, 0.2) is 109 Å². The normalized spacial score (nSPS) is 14.7. The molecule has 2 aliphatic rings. The Morgan fingerprint density at radius 2 is 0.766 bits per heavy atom. The number of ether oxygens (including phenoxy) is 1. The highest BCUT2D eigenvalue weighted by atomic mass is 16.5. The summed E-state index contributed by atoms with van der Waals surface area (Å²) in [5.41, 5.74) is 20.5. The first-order valence-electron chi connectivity index (χ1n) is 16.9. The molecule has 0 saturated carbocycles. The maximum atomic E-state index is 6.99. The molecule has 6 aromatic rings. The minimum atomic E-state index is -0.0383. The van der Waals surface area contributed by atoms with E-state index < -0.39 is 0 Å². The van der Waals surface area contributed by atoms with Gasteiger partial charge in [-0.25, -0.2) is 0 Å². The summed E-state index contributed by atoms with van der Waals surface area (Å²) in [4.78, 5) is 0. The van der Waals surface area contributed by atoms with E-state index in [-0.39, 0.29) is 10.8 Å². The van der Waals surface area contributed by atoms with Gasteiger partial charge in [-0.2, -0.15) is 0 Å². The van der Waals surface area contributed by atoms with Crippen LogP contribution < -0.4 is 4.74 Å². The molecule has 0 bridgehead atoms. The van der Waals surface area contributed by atoms with Crippen molar-refractivity contribution in [2.75, 3.05) is 0 Å². The van der Waals surface area contributed by atoms with Crippen molar-refractivity contribution in [2.24, 2.45) is 0 Å². The summed E-state index contributed by atoms with van der Waals surface area (Å²) in [5.74, 6) is 1.82. The van der Waals surface area contributed by atoms with E-state index in [9.17, 15) is 0 Å². The second-order valence-electron chi connectivity index (χ2n) is 14.7. The van der Waals surface area contributed by atoms with Crippen LogP contribution in [0.25, 0.3) is 44.5 Å². The Hall–Kier alpha value is -4.88. The van der Waals surface area contributed by atoms with Gasteiger partial charge in [0.05, 0.1) is 0 Å². The van der Waals surface area contributed by atoms with Gasteiger partial charge in [0.1, 0.15) is 11.5 Å². The molecule has 232 valence electrons. The van der Waals surface area contributed by atoms with Crippen LogP contribution in [0.4, 0.5) is 0 Å². The second-order valence-corrected chi connectivity index (χ2v) is 14.7. The van der Waals surface area contributed by atoms with Gasteiger partial charge >= 0.3 is 0 Å². The molecule has 8 rings (SSSR count). The van der Waals surface area contributed by atoms with Crippen LogP contribution in [0.3, 0.4) is 0 Å². The average molecular weight is 611 g/mol. The molecule has 0 N–H and O–H groups in total. The molecule has 0 spiro atoms. The number of hydrogen-bond donors (Lipinski definition) is 0. The summed E-state index contributed by atoms with van der Waals surface area (Å²) in [6.07, 6.45) is 0. The molecule has 1 heteroatoms. The minimum Gasteiger partial charge on any atom is -0.457 e. The van der Waals surface area contributed by atoms with Gasteiger partial charge in [-0.1, -0.05) is 125 Å². The van der Waals surface area contributed by atoms with E-state index in [4.69, 9.17) is 4.74 Å². The van der Waals surface area contributed by atoms with Crippen molar-refractivity contribution >= 4 is 0 Å². The third-order valence-electron chi connectivity index (χ3n) is 11.3. The van der Waals surface area contributed by atoms with Crippen molar-refractivity contribution in [1.29, 1.82) is 0 Å². The molecule has 0 unspecified atom stereocenters. The lowest BCUT2D eigenvalue weighted by atomic mass is 9.82. The van der Waals surface area contributed by atoms with E-state index >= 15 is 0 Å². The summed E-state index contributed by atoms with van der Waals surface area (Å²) < 4.78 is 6.99. The largest absolute Gasteiger partial charge is 0.457 e. The lowest BCUT2D eigenvalue weighted by Gasteiger charge is -2.22. The molecule has 2 aliphatic carbocycles. The van der Waals surface area contributed by atoms with Crippen molar-refractivity contribution in [3.63, 3.8) is 0 Å². The van der Waals surface area contributed by atoms with E-state index in [1.165, 1.54) is 89.0 Å². The molecule has 0 aromatic heterocycles. The number of aryl methyl sites for hydroxylation is 2. The zero-order valence-corrected chi connectivity index (χ0v) is 28.8. The molecule has 0 saturated heterocycles. The van der Waals surface area contributed by atoms with Crippen LogP contribution in [0.1, 0.15) is 72.2 Å². The molecule has 0 aliphatic heterocycles. The fraction of sp³-hybridized carbons (Fsp3) is 0.217. The Bertz CT molecular complexity index is 2100. The first-order valence-corrected chi connectivity index (χ1v) is 16.9. The summed E-state index contributed by atoms with van der Waals surface area (Å²) >= 11 is 0. The third-order valence-corrected chi connectivity index (χ3v) is 11.3. The maximum Gasteiger partial charge on any atom is 0.131 e. The molecular weight excluding hydrogens is 569 g/mol. The van der Waals surface area contributed by atoms with Gasteiger partial charge in [-0.05, 0) is 129 Å². The molecule has 0 heterocycles. The van der Waals surface area contributed by atoms with Gasteiger partial charge < -0.3 is 4.74 Å². The van der Waals surface area contributed by atoms with Crippen LogP contribution in [0, 0.1) is 27.7 Å². The van der Waals surface area contributed by atoms with Gasteiger partial charge in [0.25, 0.3) is 0 Å². The highest BCUT2D eigenvalue weighted by Gasteiger charge is 2.38. The molecular formula is C46H42O. The first-order chi connectivity index (χ1) is 22.5. The van der Waals surface area contributed by atoms with Crippen molar-refractivity contribution in [3.05, 3.63) is 154 Å². The lowest BCUT2D eigenvalue weighted by Crippen LogP contribution is -2.14. The SMILES string of the molecule is Cc1cc(-c2cccc3c2-c2ccccc2C3(C)C)cc(Oc2cc(-c3cccc4c3-c3ccccc3C4(C)C)cc(C)c2C)c1C. The quantitative estimate of drug-likeness (QED) is 0.193. The van der Waals surface area contributed by atoms with Gasteiger partial charge in [-0.3, -0.25) is 0 Å². The van der Waals surface area contributed by atoms with Gasteiger partial charge in [0.15, 0.2) is 0 Å². The molecule has 1 nitrogen and oxygen atoms in total. The van der Waals surface area contributed by atoms with Crippen LogP contribution >= 0.6 is 0 Å². The monoisotopic (exact) mass is 610 g/mol. The van der Waals surface area contributed by atoms with E-state index in [0.717, 1.165) is 11.5 Å². The molecule has 47 heavy (non-hydrogen) atoms. The van der Waals surface area contributed by atoms with Crippen LogP contribution in [-0.4, -0.2) is 0 Å². The van der Waals surface area contributed by atoms with E-state index in [1.807, 2.05) is 0 Å². The molecule has 0 atom stereocenters. The number of hydrogen-bond acceptors (Lipinski definition) is 1. The van der Waals surface area contributed by atoms with Gasteiger partial charge in [-0.15, -0.1) is 0 Å². The predicted octanol–water partition coefficient (Wildman–Crippen LogP) is 12.7. The fourth-order valence-corrected chi connectivity index (χ4v) is 8.29. The fourth-order valence-electron chi connectivity index (χ4n) is 8.29. The van der Waals surface area contributed by atoms with Crippen molar-refractivity contribution in [1.82, 2.24) is 0 Å². The Morgan fingerprint density at radius 1 is 0.404 bits per heavy atom. The Balaban J connectivity index is 1.25. The van der Waals surface area contributed by atoms with Gasteiger partial charge in [0.2, 0.25) is 0 Å². The lowest BCUT2D eigenvalue weighted by molar-refractivity contribution is 0.474. The van der Waals surface area contributed by atoms with Crippen molar-refractivity contribution in [2.45, 2.75) is 66.2 Å². The Morgan fingerprint density at radius 3 is 1.19 bits per heavy atom. The van der Waals surface area contributed by atoms with Crippen molar-refractivity contribution < 1.29 is 4.74 Å². The zero-order chi connectivity index (χ0) is 32.8. The highest BCUT2D eigenvalue weighted by Crippen LogP contribution is 2.54. The van der Waals surface area contributed by atoms with Crippen LogP contribution in [0.5, 0.6) is 11.5 Å². The summed E-state index contributed by atoms with van der Waals surface area (Å²) in [6, 6.07) is 40.5. The van der Waals surface area contributed by atoms with E-state index in [0.29, 0.717) is 0 Å². The molecule has 0 amide bonds. The highest BCUT2D eigenvalue weighted by molar-refractivity contribution is 5.94. The third kappa shape index (κ3) is 4.29. The molecule has 0 radical (unpaired) electrons. The Kier molecular flexibility index (Phi) is 6.48. The summed E-state index contributed by atoms with van der Waals surface area (Å²) in [7, 11) is 0. The summed E-state index contributed by atoms with van der Waals surface area (Å²) in [5, 5.41) is 0. The number of fused-ring (bicyclic) bond motifs is 6. The van der Waals surface area contributed by atoms with Crippen molar-refractivity contribution in [3.8, 4) is 56.0 Å². The average Bonchev–Trinajstić information content (AvgIpc) is 3.45. The Labute approximate surface area is 279 Å². The molecule has 6 aromatic carbocycles. The maximum absolute atomic E-state index is 6.99. The van der Waals surface area contributed by atoms with Gasteiger partial charge in [0, 0.05) is 10.8 Å². The summed E-state index contributed by atoms with van der Waals surface area (Å²) in [6.45, 7) is 18.1. The zero-order valence-electron chi connectivity index (χ0n) is 28.8. The topological polar surface area (TPSA) is 9.23 Å². The van der Waals surface area contributed by atoms with E-state index in [2.05, 4.69) is 165 Å². The van der Waals surface area contributed by atoms with Crippen LogP contribution in [-0.2, 0) is 10.8 Å². The second kappa shape index (κ2) is 10.3. The number of benzene rings is 6. The predicted molar refractivity (Wildman–Crippen MR) is 198 cm³/mol. The van der Waals surface area contributed by atoms with Crippen LogP contribution in [0.2, 0.25) is 0 Å². The standard InChI is InChI=1S/C46H42O/c1-27-23-31(33-17-13-21-39-43(33)35-15-9-11-19-37(35)45(39,5)6)25-41(29(27)3)47-42-26-32(24-28(2)30(42)4)34-18-14-22-40-44(34)36-16-10-12-20-38(36)46(40,7)8/h9-26H,1-8H3. The molecule has 0 fully saturated rings. The number of rotatable bonds is 4. The minimum absolute atomic E-state index is 0.0383. The van der Waals surface area contributed by atoms with E-state index in [1.54, 1.807) is 0 Å². The smallest absolute Gasteiger partial charge is 0.131 e. The first kappa shape index (κ1) is 29.5.